The fourth-order valence-corrected chi connectivity index (χ4v) is 1.61. The third-order valence-corrected chi connectivity index (χ3v) is 2.73. The van der Waals surface area contributed by atoms with Gasteiger partial charge in [0.1, 0.15) is 6.33 Å². The Balaban J connectivity index is 2.07. The number of hydrogen-bond acceptors (Lipinski definition) is 3. The SMILES string of the molecule is CCC1CC1Nc1ncnc(C)c1F. The molecule has 1 aliphatic carbocycles. The first-order chi connectivity index (χ1) is 6.72. The van der Waals surface area contributed by atoms with Crippen LogP contribution in [0, 0.1) is 18.7 Å². The lowest BCUT2D eigenvalue weighted by atomic mass is 10.3. The summed E-state index contributed by atoms with van der Waals surface area (Å²) in [5.41, 5.74) is 0.399. The molecule has 76 valence electrons. The minimum atomic E-state index is -0.325. The number of nitrogens with one attached hydrogen (secondary N) is 1. The first-order valence-corrected chi connectivity index (χ1v) is 4.96. The van der Waals surface area contributed by atoms with E-state index in [1.807, 2.05) is 0 Å². The van der Waals surface area contributed by atoms with Crippen molar-refractivity contribution in [1.29, 1.82) is 0 Å². The van der Waals surface area contributed by atoms with Gasteiger partial charge < -0.3 is 5.32 Å². The Morgan fingerprint density at radius 3 is 3.00 bits per heavy atom. The molecule has 1 saturated carbocycles. The predicted molar refractivity (Wildman–Crippen MR) is 52.5 cm³/mol. The normalized spacial score (nSPS) is 24.8. The van der Waals surface area contributed by atoms with Gasteiger partial charge in [-0.25, -0.2) is 14.4 Å². The Morgan fingerprint density at radius 2 is 2.36 bits per heavy atom. The molecular formula is C10H14FN3. The van der Waals surface area contributed by atoms with E-state index in [4.69, 9.17) is 0 Å². The zero-order chi connectivity index (χ0) is 10.1. The van der Waals surface area contributed by atoms with Crippen LogP contribution in [0.3, 0.4) is 0 Å². The molecule has 0 aliphatic heterocycles. The molecule has 0 radical (unpaired) electrons. The molecule has 2 rings (SSSR count). The smallest absolute Gasteiger partial charge is 0.186 e. The molecule has 1 aromatic heterocycles. The number of nitrogens with zero attached hydrogens (tertiary/aromatic N) is 2. The summed E-state index contributed by atoms with van der Waals surface area (Å²) < 4.78 is 13.4. The molecule has 0 saturated heterocycles. The van der Waals surface area contributed by atoms with E-state index in [2.05, 4.69) is 22.2 Å². The van der Waals surface area contributed by atoms with Crippen molar-refractivity contribution in [3.63, 3.8) is 0 Å². The first-order valence-electron chi connectivity index (χ1n) is 4.96. The van der Waals surface area contributed by atoms with Crippen molar-refractivity contribution in [2.24, 2.45) is 5.92 Å². The second-order valence-electron chi connectivity index (χ2n) is 3.78. The summed E-state index contributed by atoms with van der Waals surface area (Å²) in [6, 6.07) is 0.406. The highest BCUT2D eigenvalue weighted by Gasteiger charge is 2.36. The van der Waals surface area contributed by atoms with Crippen LogP contribution in [0.25, 0.3) is 0 Å². The van der Waals surface area contributed by atoms with Crippen molar-refractivity contribution >= 4 is 5.82 Å². The van der Waals surface area contributed by atoms with Gasteiger partial charge in [0.2, 0.25) is 0 Å². The maximum Gasteiger partial charge on any atom is 0.186 e. The number of rotatable bonds is 3. The van der Waals surface area contributed by atoms with Crippen molar-refractivity contribution in [3.8, 4) is 0 Å². The van der Waals surface area contributed by atoms with E-state index >= 15 is 0 Å². The van der Waals surface area contributed by atoms with E-state index in [9.17, 15) is 4.39 Å². The van der Waals surface area contributed by atoms with E-state index in [1.165, 1.54) is 6.33 Å². The van der Waals surface area contributed by atoms with Gasteiger partial charge in [0.15, 0.2) is 11.6 Å². The molecule has 1 aromatic rings. The molecule has 2 unspecified atom stereocenters. The zero-order valence-electron chi connectivity index (χ0n) is 8.42. The number of anilines is 1. The van der Waals surface area contributed by atoms with Gasteiger partial charge in [-0.1, -0.05) is 13.3 Å². The lowest BCUT2D eigenvalue weighted by molar-refractivity contribution is 0.603. The van der Waals surface area contributed by atoms with Crippen molar-refractivity contribution in [1.82, 2.24) is 9.97 Å². The molecule has 1 N–H and O–H groups in total. The van der Waals surface area contributed by atoms with Gasteiger partial charge in [-0.3, -0.25) is 0 Å². The van der Waals surface area contributed by atoms with Crippen LogP contribution >= 0.6 is 0 Å². The first kappa shape index (κ1) is 9.37. The van der Waals surface area contributed by atoms with Crippen LogP contribution in [-0.2, 0) is 0 Å². The van der Waals surface area contributed by atoms with Gasteiger partial charge in [0, 0.05) is 6.04 Å². The molecule has 0 aromatic carbocycles. The fourth-order valence-electron chi connectivity index (χ4n) is 1.61. The summed E-state index contributed by atoms with van der Waals surface area (Å²) in [6.07, 6.45) is 3.66. The number of halogens is 1. The standard InChI is InChI=1S/C10H14FN3/c1-3-7-4-8(7)14-10-9(11)6(2)12-5-13-10/h5,7-8H,3-4H2,1-2H3,(H,12,13,14). The molecule has 2 atom stereocenters. The quantitative estimate of drug-likeness (QED) is 0.802. The summed E-state index contributed by atoms with van der Waals surface area (Å²) in [5, 5.41) is 3.10. The summed E-state index contributed by atoms with van der Waals surface area (Å²) in [5.74, 6) is 0.706. The van der Waals surface area contributed by atoms with Gasteiger partial charge in [-0.05, 0) is 19.3 Å². The average Bonchev–Trinajstić information content (AvgIpc) is 2.92. The highest BCUT2D eigenvalue weighted by molar-refractivity contribution is 5.39. The monoisotopic (exact) mass is 195 g/mol. The van der Waals surface area contributed by atoms with Crippen LogP contribution in [0.5, 0.6) is 0 Å². The minimum Gasteiger partial charge on any atom is -0.365 e. The topological polar surface area (TPSA) is 37.8 Å². The van der Waals surface area contributed by atoms with Crippen LogP contribution < -0.4 is 5.32 Å². The molecule has 0 spiro atoms. The highest BCUT2D eigenvalue weighted by Crippen LogP contribution is 2.36. The minimum absolute atomic E-state index is 0.325. The van der Waals surface area contributed by atoms with Crippen molar-refractivity contribution in [3.05, 3.63) is 17.8 Å². The lowest BCUT2D eigenvalue weighted by Crippen LogP contribution is -2.09. The van der Waals surface area contributed by atoms with Crippen molar-refractivity contribution in [2.45, 2.75) is 32.7 Å². The molecule has 14 heavy (non-hydrogen) atoms. The van der Waals surface area contributed by atoms with Crippen LogP contribution in [0.15, 0.2) is 6.33 Å². The fraction of sp³-hybridized carbons (Fsp3) is 0.600. The second-order valence-corrected chi connectivity index (χ2v) is 3.78. The Bertz CT molecular complexity index is 340. The van der Waals surface area contributed by atoms with Gasteiger partial charge in [-0.2, -0.15) is 0 Å². The number of hydrogen-bond donors (Lipinski definition) is 1. The molecule has 0 bridgehead atoms. The van der Waals surface area contributed by atoms with E-state index in [0.29, 0.717) is 23.5 Å². The molecule has 0 amide bonds. The van der Waals surface area contributed by atoms with Gasteiger partial charge >= 0.3 is 0 Å². The molecule has 1 heterocycles. The van der Waals surface area contributed by atoms with E-state index in [1.54, 1.807) is 6.92 Å². The largest absolute Gasteiger partial charge is 0.365 e. The summed E-state index contributed by atoms with van der Waals surface area (Å²) in [7, 11) is 0. The van der Waals surface area contributed by atoms with Crippen molar-refractivity contribution < 1.29 is 4.39 Å². The van der Waals surface area contributed by atoms with E-state index in [-0.39, 0.29) is 5.82 Å². The van der Waals surface area contributed by atoms with Crippen LogP contribution in [0.1, 0.15) is 25.5 Å². The summed E-state index contributed by atoms with van der Waals surface area (Å²) >= 11 is 0. The number of aromatic nitrogens is 2. The van der Waals surface area contributed by atoms with Gasteiger partial charge in [-0.15, -0.1) is 0 Å². The van der Waals surface area contributed by atoms with E-state index < -0.39 is 0 Å². The maximum absolute atomic E-state index is 13.4. The predicted octanol–water partition coefficient (Wildman–Crippen LogP) is 2.13. The third-order valence-electron chi connectivity index (χ3n) is 2.73. The Morgan fingerprint density at radius 1 is 1.57 bits per heavy atom. The average molecular weight is 195 g/mol. The zero-order valence-corrected chi connectivity index (χ0v) is 8.42. The van der Waals surface area contributed by atoms with Crippen LogP contribution in [-0.4, -0.2) is 16.0 Å². The molecule has 4 heteroatoms. The van der Waals surface area contributed by atoms with Crippen LogP contribution in [0.2, 0.25) is 0 Å². The molecule has 3 nitrogen and oxygen atoms in total. The van der Waals surface area contributed by atoms with Crippen molar-refractivity contribution in [2.75, 3.05) is 5.32 Å². The second kappa shape index (κ2) is 3.52. The van der Waals surface area contributed by atoms with Crippen LogP contribution in [0.4, 0.5) is 10.2 Å². The Kier molecular flexibility index (Phi) is 2.35. The summed E-state index contributed by atoms with van der Waals surface area (Å²) in [6.45, 7) is 3.79. The van der Waals surface area contributed by atoms with E-state index in [0.717, 1.165) is 12.8 Å². The highest BCUT2D eigenvalue weighted by atomic mass is 19.1. The Labute approximate surface area is 82.8 Å². The number of aryl methyl sites for hydroxylation is 1. The molecule has 1 fully saturated rings. The summed E-state index contributed by atoms with van der Waals surface area (Å²) in [4.78, 5) is 7.67. The Hall–Kier alpha value is -1.19. The lowest BCUT2D eigenvalue weighted by Gasteiger charge is -2.06. The van der Waals surface area contributed by atoms with Gasteiger partial charge in [0.05, 0.1) is 5.69 Å². The third kappa shape index (κ3) is 1.69. The molecular weight excluding hydrogens is 181 g/mol. The maximum atomic E-state index is 13.4. The van der Waals surface area contributed by atoms with Gasteiger partial charge in [0.25, 0.3) is 0 Å². The molecule has 1 aliphatic rings.